The average molecular weight is 360 g/mol. The van der Waals surface area contributed by atoms with Gasteiger partial charge in [-0.2, -0.15) is 23.5 Å². The van der Waals surface area contributed by atoms with Gasteiger partial charge in [0, 0.05) is 12.1 Å². The third-order valence-corrected chi connectivity index (χ3v) is 3.16. The second-order valence-corrected chi connectivity index (χ2v) is 5.39. The molecule has 4 N–H and O–H groups in total. The van der Waals surface area contributed by atoms with Gasteiger partial charge in [-0.1, -0.05) is 0 Å². The van der Waals surface area contributed by atoms with Crippen LogP contribution in [0.4, 0.5) is 0 Å². The minimum atomic E-state index is -1.16. The molecule has 0 aliphatic carbocycles. The Balaban J connectivity index is -0.000000256. The molecule has 0 aliphatic rings. The maximum absolute atomic E-state index is 9.96. The Kier molecular flexibility index (Phi) is 20.5. The monoisotopic (exact) mass is 359 g/mol. The molecular weight excluding hydrogens is 340 g/mol. The topological polar surface area (TPSA) is 132 Å². The SMILES string of the molecule is CSCC[C@@H](N)C(=O)[O-].CSCC[C@H](N)C(=O)[O-].[Cu+2]. The predicted molar refractivity (Wildman–Crippen MR) is 72.0 cm³/mol. The van der Waals surface area contributed by atoms with Crippen LogP contribution in [0.3, 0.4) is 0 Å². The van der Waals surface area contributed by atoms with E-state index in [9.17, 15) is 19.8 Å². The fourth-order valence-electron chi connectivity index (χ4n) is 0.725. The summed E-state index contributed by atoms with van der Waals surface area (Å²) in [6.45, 7) is 0. The second kappa shape index (κ2) is 16.1. The standard InChI is InChI=1S/2C5H11NO2S.Cu/c2*1-9-3-2-4(6)5(7)8;/h2*4H,2-3,6H2,1H3,(H,7,8);/q;;+2/p-2/t2*4-;/m10./s1. The Hall–Kier alpha value is 0.0795. The van der Waals surface area contributed by atoms with Crippen LogP contribution in [-0.2, 0) is 26.7 Å². The second-order valence-electron chi connectivity index (χ2n) is 3.41. The molecule has 0 aromatic heterocycles. The molecule has 0 saturated heterocycles. The van der Waals surface area contributed by atoms with Crippen molar-refractivity contribution in [1.29, 1.82) is 0 Å². The summed E-state index contributed by atoms with van der Waals surface area (Å²) in [5.41, 5.74) is 10.3. The molecule has 0 spiro atoms. The number of carboxylic acid groups (broad SMARTS) is 2. The molecule has 0 aliphatic heterocycles. The quantitative estimate of drug-likeness (QED) is 0.459. The average Bonchev–Trinajstić information content (AvgIpc) is 2.33. The van der Waals surface area contributed by atoms with E-state index in [1.807, 2.05) is 12.5 Å². The normalized spacial score (nSPS) is 12.4. The van der Waals surface area contributed by atoms with Crippen LogP contribution in [-0.4, -0.2) is 48.0 Å². The molecule has 6 nitrogen and oxygen atoms in total. The van der Waals surface area contributed by atoms with E-state index in [1.165, 1.54) is 0 Å². The zero-order chi connectivity index (χ0) is 14.6. The summed E-state index contributed by atoms with van der Waals surface area (Å²) in [7, 11) is 0. The number of nitrogens with two attached hydrogens (primary N) is 2. The first kappa shape index (κ1) is 24.1. The number of thioether (sulfide) groups is 2. The maximum Gasteiger partial charge on any atom is 2.00 e. The molecule has 0 aromatic carbocycles. The molecule has 0 amide bonds. The van der Waals surface area contributed by atoms with Gasteiger partial charge >= 0.3 is 17.1 Å². The maximum atomic E-state index is 9.96. The molecule has 9 heteroatoms. The molecule has 117 valence electrons. The zero-order valence-electron chi connectivity index (χ0n) is 10.9. The fraction of sp³-hybridized carbons (Fsp3) is 0.800. The van der Waals surface area contributed by atoms with Gasteiger partial charge in [0.25, 0.3) is 0 Å². The van der Waals surface area contributed by atoms with Crippen molar-refractivity contribution in [1.82, 2.24) is 0 Å². The van der Waals surface area contributed by atoms with E-state index in [2.05, 4.69) is 0 Å². The van der Waals surface area contributed by atoms with Crippen LogP contribution in [0.25, 0.3) is 0 Å². The van der Waals surface area contributed by atoms with Crippen molar-refractivity contribution in [2.45, 2.75) is 24.9 Å². The molecular formula is C10H20CuN2O4S2. The number of hydrogen-bond acceptors (Lipinski definition) is 8. The van der Waals surface area contributed by atoms with Crippen LogP contribution < -0.4 is 21.7 Å². The molecule has 2 atom stereocenters. The Bertz CT molecular complexity index is 224. The van der Waals surface area contributed by atoms with Crippen molar-refractivity contribution < 1.29 is 36.9 Å². The van der Waals surface area contributed by atoms with Crippen molar-refractivity contribution in [3.05, 3.63) is 0 Å². The van der Waals surface area contributed by atoms with Crippen molar-refractivity contribution >= 4 is 35.5 Å². The van der Waals surface area contributed by atoms with Gasteiger partial charge in [0.15, 0.2) is 0 Å². The summed E-state index contributed by atoms with van der Waals surface area (Å²) in [5.74, 6) is -0.780. The molecule has 0 unspecified atom stereocenters. The van der Waals surface area contributed by atoms with Gasteiger partial charge in [-0.25, -0.2) is 0 Å². The first-order valence-electron chi connectivity index (χ1n) is 5.27. The molecule has 0 saturated carbocycles. The zero-order valence-corrected chi connectivity index (χ0v) is 13.5. The number of rotatable bonds is 8. The van der Waals surface area contributed by atoms with E-state index in [4.69, 9.17) is 11.5 Å². The van der Waals surface area contributed by atoms with Crippen LogP contribution in [0.15, 0.2) is 0 Å². The van der Waals surface area contributed by atoms with E-state index in [-0.39, 0.29) is 17.1 Å². The predicted octanol–water partition coefficient (Wildman–Crippen LogP) is -2.37. The molecule has 1 radical (unpaired) electrons. The number of aliphatic carboxylic acids is 2. The Morgan fingerprint density at radius 2 is 1.21 bits per heavy atom. The minimum Gasteiger partial charge on any atom is -0.548 e. The largest absolute Gasteiger partial charge is 2.00 e. The van der Waals surface area contributed by atoms with Gasteiger partial charge in [0.05, 0.1) is 11.9 Å². The van der Waals surface area contributed by atoms with Crippen LogP contribution in [0.5, 0.6) is 0 Å². The van der Waals surface area contributed by atoms with Gasteiger partial charge < -0.3 is 31.3 Å². The van der Waals surface area contributed by atoms with Gasteiger partial charge in [-0.05, 0) is 36.9 Å². The van der Waals surface area contributed by atoms with Crippen molar-refractivity contribution in [3.63, 3.8) is 0 Å². The molecule has 0 fully saturated rings. The molecule has 0 heterocycles. The summed E-state index contributed by atoms with van der Waals surface area (Å²) in [5, 5.41) is 19.9. The van der Waals surface area contributed by atoms with Crippen LogP contribution in [0.1, 0.15) is 12.8 Å². The molecule has 0 rings (SSSR count). The number of carbonyl (C=O) groups excluding carboxylic acids is 2. The summed E-state index contributed by atoms with van der Waals surface area (Å²) in [6.07, 6.45) is 4.79. The first-order valence-corrected chi connectivity index (χ1v) is 8.06. The van der Waals surface area contributed by atoms with Crippen molar-refractivity contribution in [2.75, 3.05) is 24.0 Å². The summed E-state index contributed by atoms with van der Waals surface area (Å²) < 4.78 is 0. The van der Waals surface area contributed by atoms with Gasteiger partial charge in [0.2, 0.25) is 0 Å². The fourth-order valence-corrected chi connectivity index (χ4v) is 1.70. The Morgan fingerprint density at radius 1 is 0.947 bits per heavy atom. The van der Waals surface area contributed by atoms with E-state index >= 15 is 0 Å². The van der Waals surface area contributed by atoms with Crippen LogP contribution >= 0.6 is 23.5 Å². The molecule has 0 aromatic rings. The van der Waals surface area contributed by atoms with Gasteiger partial charge in [-0.3, -0.25) is 0 Å². The number of carboxylic acids is 2. The minimum absolute atomic E-state index is 0. The Labute approximate surface area is 132 Å². The van der Waals surface area contributed by atoms with Crippen LogP contribution in [0, 0.1) is 0 Å². The summed E-state index contributed by atoms with van der Waals surface area (Å²) in [4.78, 5) is 19.9. The van der Waals surface area contributed by atoms with Gasteiger partial charge in [0.1, 0.15) is 0 Å². The number of hydrogen-bond donors (Lipinski definition) is 2. The van der Waals surface area contributed by atoms with Crippen molar-refractivity contribution in [3.8, 4) is 0 Å². The third-order valence-electron chi connectivity index (χ3n) is 1.87. The number of carbonyl (C=O) groups is 2. The Morgan fingerprint density at radius 3 is 1.37 bits per heavy atom. The summed E-state index contributed by atoms with van der Waals surface area (Å²) >= 11 is 3.15. The van der Waals surface area contributed by atoms with E-state index < -0.39 is 24.0 Å². The van der Waals surface area contributed by atoms with Crippen LogP contribution in [0.2, 0.25) is 0 Å². The molecule has 19 heavy (non-hydrogen) atoms. The van der Waals surface area contributed by atoms with E-state index in [1.54, 1.807) is 23.5 Å². The smallest absolute Gasteiger partial charge is 0.548 e. The first-order chi connectivity index (χ1) is 8.36. The van der Waals surface area contributed by atoms with Crippen molar-refractivity contribution in [2.24, 2.45) is 11.5 Å². The van der Waals surface area contributed by atoms with E-state index in [0.717, 1.165) is 11.5 Å². The third kappa shape index (κ3) is 18.1. The summed E-state index contributed by atoms with van der Waals surface area (Å²) in [6, 6.07) is -1.59. The van der Waals surface area contributed by atoms with Gasteiger partial charge in [-0.15, -0.1) is 0 Å². The molecule has 0 bridgehead atoms. The van der Waals surface area contributed by atoms with E-state index in [0.29, 0.717) is 12.8 Å².